The average Bonchev–Trinajstić information content (AvgIpc) is 3.28. The second-order valence-electron chi connectivity index (χ2n) is 13.9. The van der Waals surface area contributed by atoms with Gasteiger partial charge in [0.25, 0.3) is 0 Å². The third kappa shape index (κ3) is 2.30. The molecule has 32 heavy (non-hydrogen) atoms. The van der Waals surface area contributed by atoms with Gasteiger partial charge in [-0.2, -0.15) is 0 Å². The van der Waals surface area contributed by atoms with Gasteiger partial charge in [0.2, 0.25) is 0 Å². The van der Waals surface area contributed by atoms with Gasteiger partial charge in [-0.3, -0.25) is 0 Å². The lowest BCUT2D eigenvalue weighted by Gasteiger charge is -2.61. The summed E-state index contributed by atoms with van der Waals surface area (Å²) in [6.07, 6.45) is 10.1. The summed E-state index contributed by atoms with van der Waals surface area (Å²) in [4.78, 5) is 0. The maximum absolute atomic E-state index is 12.4. The minimum absolute atomic E-state index is 0.193. The highest BCUT2D eigenvalue weighted by molar-refractivity contribution is 5.28. The predicted octanol–water partition coefficient (Wildman–Crippen LogP) is 5.15. The van der Waals surface area contributed by atoms with Crippen LogP contribution in [0.5, 0.6) is 0 Å². The fourth-order valence-corrected chi connectivity index (χ4v) is 11.0. The standard InChI is InChI=1S/C28H46O4/c1-16(2)7-12-27(29)17(3)28(30)23(32-27)14-21-19-13-22(31-6)26-15-18(26)8-10-24(26,4)20(19)9-11-25(21,28)5/h16-23,29-30H,7-15H2,1-6H3/t17-,18-,19-,20+,21+,22-,23+,24-,25+,26+,27?,28-/m1/s1. The Morgan fingerprint density at radius 1 is 1.03 bits per heavy atom. The van der Waals surface area contributed by atoms with Crippen molar-refractivity contribution in [3.05, 3.63) is 0 Å². The summed E-state index contributed by atoms with van der Waals surface area (Å²) in [6.45, 7) is 11.4. The summed E-state index contributed by atoms with van der Waals surface area (Å²) >= 11 is 0. The van der Waals surface area contributed by atoms with Gasteiger partial charge < -0.3 is 19.7 Å². The summed E-state index contributed by atoms with van der Waals surface area (Å²) in [5.74, 6) is 1.76. The topological polar surface area (TPSA) is 58.9 Å². The van der Waals surface area contributed by atoms with E-state index in [2.05, 4.69) is 34.6 Å². The molecule has 5 saturated carbocycles. The highest BCUT2D eigenvalue weighted by atomic mass is 16.7. The quantitative estimate of drug-likeness (QED) is 0.627. The molecule has 0 radical (unpaired) electrons. The van der Waals surface area contributed by atoms with Crippen LogP contribution in [0.4, 0.5) is 0 Å². The van der Waals surface area contributed by atoms with Gasteiger partial charge in [-0.05, 0) is 86.4 Å². The SMILES string of the molecule is CO[C@@H]1C[C@H]2[C@@H]3C[C@@H]4OC(O)(CCC(C)C)[C@@H](C)[C@]4(O)[C@@]3(C)CC[C@@H]2[C@@]2(C)CC[C@@H]3C[C@]312. The third-order valence-electron chi connectivity index (χ3n) is 12.9. The number of aliphatic hydroxyl groups is 2. The van der Waals surface area contributed by atoms with E-state index in [0.29, 0.717) is 41.1 Å². The van der Waals surface area contributed by atoms with Gasteiger partial charge in [0.15, 0.2) is 5.79 Å². The Kier molecular flexibility index (Phi) is 4.55. The molecule has 0 amide bonds. The molecule has 1 spiro atoms. The molecule has 0 aromatic carbocycles. The molecule has 12 atom stereocenters. The first-order valence-electron chi connectivity index (χ1n) is 13.6. The van der Waals surface area contributed by atoms with Crippen LogP contribution in [-0.2, 0) is 9.47 Å². The van der Waals surface area contributed by atoms with Crippen molar-refractivity contribution in [2.75, 3.05) is 7.11 Å². The Bertz CT molecular complexity index is 798. The van der Waals surface area contributed by atoms with Crippen molar-refractivity contribution in [3.8, 4) is 0 Å². The second kappa shape index (κ2) is 6.53. The zero-order chi connectivity index (χ0) is 22.9. The van der Waals surface area contributed by atoms with E-state index in [4.69, 9.17) is 9.47 Å². The molecule has 1 saturated heterocycles. The molecule has 2 N–H and O–H groups in total. The first-order chi connectivity index (χ1) is 15.0. The number of hydrogen-bond acceptors (Lipinski definition) is 4. The van der Waals surface area contributed by atoms with Crippen LogP contribution in [-0.4, -0.2) is 40.9 Å². The first-order valence-corrected chi connectivity index (χ1v) is 13.6. The van der Waals surface area contributed by atoms with Crippen molar-refractivity contribution in [2.24, 2.45) is 51.8 Å². The zero-order valence-corrected chi connectivity index (χ0v) is 21.2. The maximum atomic E-state index is 12.4. The van der Waals surface area contributed by atoms with Gasteiger partial charge in [0, 0.05) is 30.3 Å². The molecular weight excluding hydrogens is 400 g/mol. The van der Waals surface area contributed by atoms with E-state index in [0.717, 1.165) is 37.5 Å². The van der Waals surface area contributed by atoms with Gasteiger partial charge in [0.1, 0.15) is 5.60 Å². The molecule has 1 aliphatic heterocycles. The van der Waals surface area contributed by atoms with Crippen molar-refractivity contribution >= 4 is 0 Å². The number of methoxy groups -OCH3 is 1. The largest absolute Gasteiger partial charge is 0.386 e. The van der Waals surface area contributed by atoms with E-state index in [1.54, 1.807) is 0 Å². The fraction of sp³-hybridized carbons (Fsp3) is 1.00. The lowest BCUT2D eigenvalue weighted by molar-refractivity contribution is -0.228. The highest BCUT2D eigenvalue weighted by Gasteiger charge is 2.80. The second-order valence-corrected chi connectivity index (χ2v) is 13.9. The Morgan fingerprint density at radius 2 is 1.75 bits per heavy atom. The van der Waals surface area contributed by atoms with Gasteiger partial charge in [-0.25, -0.2) is 0 Å². The van der Waals surface area contributed by atoms with Crippen LogP contribution < -0.4 is 0 Å². The van der Waals surface area contributed by atoms with Crippen LogP contribution in [0, 0.1) is 51.8 Å². The van der Waals surface area contributed by atoms with Crippen LogP contribution in [0.2, 0.25) is 0 Å². The smallest absolute Gasteiger partial charge is 0.171 e. The summed E-state index contributed by atoms with van der Waals surface area (Å²) < 4.78 is 12.7. The number of rotatable bonds is 4. The molecule has 6 aliphatic rings. The number of ether oxygens (including phenoxy) is 2. The molecule has 0 bridgehead atoms. The Labute approximate surface area is 194 Å². The molecule has 0 aromatic rings. The summed E-state index contributed by atoms with van der Waals surface area (Å²) in [5.41, 5.74) is -0.303. The maximum Gasteiger partial charge on any atom is 0.171 e. The monoisotopic (exact) mass is 446 g/mol. The third-order valence-corrected chi connectivity index (χ3v) is 12.9. The molecule has 1 unspecified atom stereocenters. The lowest BCUT2D eigenvalue weighted by Crippen LogP contribution is -2.61. The van der Waals surface area contributed by atoms with Crippen LogP contribution in [0.25, 0.3) is 0 Å². The summed E-state index contributed by atoms with van der Waals surface area (Å²) in [7, 11) is 1.94. The van der Waals surface area contributed by atoms with Gasteiger partial charge >= 0.3 is 0 Å². The van der Waals surface area contributed by atoms with E-state index in [1.165, 1.54) is 25.7 Å². The Hall–Kier alpha value is -0.160. The van der Waals surface area contributed by atoms with Crippen LogP contribution in [0.15, 0.2) is 0 Å². The zero-order valence-electron chi connectivity index (χ0n) is 21.2. The van der Waals surface area contributed by atoms with Crippen LogP contribution >= 0.6 is 0 Å². The van der Waals surface area contributed by atoms with E-state index in [1.807, 2.05) is 7.11 Å². The molecule has 0 aromatic heterocycles. The van der Waals surface area contributed by atoms with Crippen LogP contribution in [0.3, 0.4) is 0 Å². The molecule has 4 heteroatoms. The van der Waals surface area contributed by atoms with Gasteiger partial charge in [-0.15, -0.1) is 0 Å². The normalized spacial score (nSPS) is 62.3. The first kappa shape index (κ1) is 22.3. The van der Waals surface area contributed by atoms with E-state index >= 15 is 0 Å². The summed E-state index contributed by atoms with van der Waals surface area (Å²) in [5, 5.41) is 23.9. The summed E-state index contributed by atoms with van der Waals surface area (Å²) in [6, 6.07) is 0. The average molecular weight is 447 g/mol. The van der Waals surface area contributed by atoms with Gasteiger partial charge in [-0.1, -0.05) is 34.6 Å². The van der Waals surface area contributed by atoms with E-state index < -0.39 is 11.4 Å². The Morgan fingerprint density at radius 3 is 2.41 bits per heavy atom. The van der Waals surface area contributed by atoms with Crippen molar-refractivity contribution < 1.29 is 19.7 Å². The molecule has 5 aliphatic carbocycles. The molecule has 6 fully saturated rings. The van der Waals surface area contributed by atoms with Crippen LogP contribution in [0.1, 0.15) is 92.4 Å². The van der Waals surface area contributed by atoms with E-state index in [-0.39, 0.29) is 17.4 Å². The van der Waals surface area contributed by atoms with Crippen molar-refractivity contribution in [1.29, 1.82) is 0 Å². The number of fused-ring (bicyclic) bond motifs is 6. The number of hydrogen-bond donors (Lipinski definition) is 2. The Balaban J connectivity index is 1.33. The van der Waals surface area contributed by atoms with Gasteiger partial charge in [0.05, 0.1) is 12.2 Å². The minimum Gasteiger partial charge on any atom is -0.386 e. The molecule has 6 rings (SSSR count). The molecule has 4 nitrogen and oxygen atoms in total. The van der Waals surface area contributed by atoms with Crippen molar-refractivity contribution in [1.82, 2.24) is 0 Å². The van der Waals surface area contributed by atoms with Crippen molar-refractivity contribution in [3.63, 3.8) is 0 Å². The lowest BCUT2D eigenvalue weighted by atomic mass is 9.44. The molecular formula is C28H46O4. The highest BCUT2D eigenvalue weighted by Crippen LogP contribution is 2.82. The predicted molar refractivity (Wildman–Crippen MR) is 124 cm³/mol. The molecule has 182 valence electrons. The minimum atomic E-state index is -1.20. The van der Waals surface area contributed by atoms with Crippen molar-refractivity contribution in [2.45, 2.75) is 116 Å². The van der Waals surface area contributed by atoms with E-state index in [9.17, 15) is 10.2 Å². The fourth-order valence-electron chi connectivity index (χ4n) is 11.0. The molecule has 1 heterocycles.